The molecule has 5 heteroatoms. The summed E-state index contributed by atoms with van der Waals surface area (Å²) in [6, 6.07) is 12.3. The van der Waals surface area contributed by atoms with E-state index in [0.717, 1.165) is 37.8 Å². The third-order valence-electron chi connectivity index (χ3n) is 3.42. The molecule has 0 atom stereocenters. The Morgan fingerprint density at radius 3 is 2.57 bits per heavy atom. The highest BCUT2D eigenvalue weighted by Crippen LogP contribution is 2.05. The molecule has 124 valence electrons. The Hall–Kier alpha value is -2.27. The van der Waals surface area contributed by atoms with Crippen molar-refractivity contribution >= 4 is 5.96 Å². The third kappa shape index (κ3) is 6.16. The fraction of sp³-hybridized carbons (Fsp3) is 0.389. The van der Waals surface area contributed by atoms with Crippen LogP contribution >= 0.6 is 0 Å². The van der Waals surface area contributed by atoms with Crippen molar-refractivity contribution in [2.75, 3.05) is 20.2 Å². The third-order valence-corrected chi connectivity index (χ3v) is 3.42. The topological polar surface area (TPSA) is 58.8 Å². The monoisotopic (exact) mass is 315 g/mol. The lowest BCUT2D eigenvalue weighted by atomic mass is 10.1. The highest BCUT2D eigenvalue weighted by atomic mass is 16.5. The first-order chi connectivity index (χ1) is 11.3. The van der Waals surface area contributed by atoms with Crippen molar-refractivity contribution in [1.29, 1.82) is 0 Å². The van der Waals surface area contributed by atoms with Crippen LogP contribution in [-0.2, 0) is 24.3 Å². The van der Waals surface area contributed by atoms with Gasteiger partial charge in [-0.2, -0.15) is 0 Å². The van der Waals surface area contributed by atoms with Crippen molar-refractivity contribution in [3.05, 3.63) is 59.5 Å². The first kappa shape index (κ1) is 17.1. The van der Waals surface area contributed by atoms with E-state index in [4.69, 9.17) is 9.15 Å². The first-order valence-corrected chi connectivity index (χ1v) is 7.94. The van der Waals surface area contributed by atoms with E-state index < -0.39 is 0 Å². The summed E-state index contributed by atoms with van der Waals surface area (Å²) in [4.78, 5) is 4.22. The predicted molar refractivity (Wildman–Crippen MR) is 92.4 cm³/mol. The molecule has 0 aliphatic rings. The van der Waals surface area contributed by atoms with Crippen LogP contribution < -0.4 is 10.6 Å². The van der Waals surface area contributed by atoms with Crippen molar-refractivity contribution < 1.29 is 9.15 Å². The number of hydrogen-bond donors (Lipinski definition) is 2. The highest BCUT2D eigenvalue weighted by Gasteiger charge is 2.00. The zero-order chi connectivity index (χ0) is 16.3. The van der Waals surface area contributed by atoms with Crippen LogP contribution in [0.3, 0.4) is 0 Å². The summed E-state index contributed by atoms with van der Waals surface area (Å²) in [6.45, 7) is 4.92. The van der Waals surface area contributed by atoms with Crippen LogP contribution in [0.4, 0.5) is 0 Å². The van der Waals surface area contributed by atoms with Gasteiger partial charge in [0.2, 0.25) is 0 Å². The van der Waals surface area contributed by atoms with Crippen LogP contribution in [0, 0.1) is 0 Å². The van der Waals surface area contributed by atoms with Crippen molar-refractivity contribution in [2.45, 2.75) is 26.5 Å². The molecule has 0 spiro atoms. The lowest BCUT2D eigenvalue weighted by Crippen LogP contribution is -2.37. The van der Waals surface area contributed by atoms with Gasteiger partial charge in [0.05, 0.1) is 12.9 Å². The summed E-state index contributed by atoms with van der Waals surface area (Å²) >= 11 is 0. The van der Waals surface area contributed by atoms with Crippen LogP contribution in [0.2, 0.25) is 0 Å². The molecule has 0 radical (unpaired) electrons. The molecule has 0 unspecified atom stereocenters. The Kier molecular flexibility index (Phi) is 7.20. The smallest absolute Gasteiger partial charge is 0.191 e. The van der Waals surface area contributed by atoms with Crippen LogP contribution in [0.1, 0.15) is 23.8 Å². The second-order valence-corrected chi connectivity index (χ2v) is 5.14. The molecular weight excluding hydrogens is 290 g/mol. The van der Waals surface area contributed by atoms with E-state index in [0.29, 0.717) is 6.61 Å². The SMILES string of the molecule is CCOCc1ccc(CNC(=NC)NCCc2ccco2)cc1. The number of nitrogens with zero attached hydrogens (tertiary/aromatic N) is 1. The zero-order valence-electron chi connectivity index (χ0n) is 13.8. The number of furan rings is 1. The van der Waals surface area contributed by atoms with Crippen LogP contribution in [0.5, 0.6) is 0 Å². The van der Waals surface area contributed by atoms with E-state index in [1.165, 1.54) is 11.1 Å². The molecule has 0 aliphatic carbocycles. The molecule has 0 saturated carbocycles. The standard InChI is InChI=1S/C18H25N3O2/c1-3-22-14-16-8-6-15(7-9-16)13-21-18(19-2)20-11-10-17-5-4-12-23-17/h4-9,12H,3,10-11,13-14H2,1-2H3,(H2,19,20,21). The summed E-state index contributed by atoms with van der Waals surface area (Å²) in [7, 11) is 1.77. The average Bonchev–Trinajstić information content (AvgIpc) is 3.10. The van der Waals surface area contributed by atoms with E-state index in [2.05, 4.69) is 39.9 Å². The fourth-order valence-electron chi connectivity index (χ4n) is 2.14. The summed E-state index contributed by atoms with van der Waals surface area (Å²) in [5.74, 6) is 1.76. The van der Waals surface area contributed by atoms with E-state index >= 15 is 0 Å². The molecule has 1 heterocycles. The maximum Gasteiger partial charge on any atom is 0.191 e. The number of aliphatic imine (C=N–C) groups is 1. The minimum absolute atomic E-state index is 0.667. The summed E-state index contributed by atoms with van der Waals surface area (Å²) in [5.41, 5.74) is 2.40. The van der Waals surface area contributed by atoms with Crippen LogP contribution in [0.15, 0.2) is 52.1 Å². The van der Waals surface area contributed by atoms with Gasteiger partial charge >= 0.3 is 0 Å². The molecule has 5 nitrogen and oxygen atoms in total. The minimum atomic E-state index is 0.667. The van der Waals surface area contributed by atoms with Gasteiger partial charge < -0.3 is 19.8 Å². The van der Waals surface area contributed by atoms with E-state index in [1.807, 2.05) is 19.1 Å². The van der Waals surface area contributed by atoms with Gasteiger partial charge in [-0.05, 0) is 30.2 Å². The van der Waals surface area contributed by atoms with Gasteiger partial charge in [0.15, 0.2) is 5.96 Å². The lowest BCUT2D eigenvalue weighted by molar-refractivity contribution is 0.134. The Labute approximate surface area is 137 Å². The van der Waals surface area contributed by atoms with Gasteiger partial charge in [0.25, 0.3) is 0 Å². The first-order valence-electron chi connectivity index (χ1n) is 7.94. The Morgan fingerprint density at radius 1 is 1.13 bits per heavy atom. The van der Waals surface area contributed by atoms with Gasteiger partial charge in [-0.3, -0.25) is 4.99 Å². The molecule has 0 bridgehead atoms. The average molecular weight is 315 g/mol. The van der Waals surface area contributed by atoms with Gasteiger partial charge in [0.1, 0.15) is 5.76 Å². The Morgan fingerprint density at radius 2 is 1.91 bits per heavy atom. The molecule has 2 rings (SSSR count). The van der Waals surface area contributed by atoms with Gasteiger partial charge in [-0.15, -0.1) is 0 Å². The molecule has 1 aromatic heterocycles. The van der Waals surface area contributed by atoms with Crippen molar-refractivity contribution in [1.82, 2.24) is 10.6 Å². The summed E-state index contributed by atoms with van der Waals surface area (Å²) in [5, 5.41) is 6.58. The number of hydrogen-bond acceptors (Lipinski definition) is 3. The number of benzene rings is 1. The van der Waals surface area contributed by atoms with Crippen LogP contribution in [0.25, 0.3) is 0 Å². The largest absolute Gasteiger partial charge is 0.469 e. The molecule has 0 saturated heterocycles. The molecule has 23 heavy (non-hydrogen) atoms. The summed E-state index contributed by atoms with van der Waals surface area (Å²) in [6.07, 6.45) is 2.53. The number of rotatable bonds is 8. The maximum atomic E-state index is 5.40. The van der Waals surface area contributed by atoms with E-state index in [-0.39, 0.29) is 0 Å². The highest BCUT2D eigenvalue weighted by molar-refractivity contribution is 5.79. The molecule has 2 N–H and O–H groups in total. The molecule has 1 aromatic carbocycles. The quantitative estimate of drug-likeness (QED) is 0.581. The van der Waals surface area contributed by atoms with Crippen molar-refractivity contribution in [3.63, 3.8) is 0 Å². The number of guanidine groups is 1. The second-order valence-electron chi connectivity index (χ2n) is 5.14. The van der Waals surface area contributed by atoms with Gasteiger partial charge in [0, 0.05) is 33.2 Å². The van der Waals surface area contributed by atoms with E-state index in [1.54, 1.807) is 13.3 Å². The molecule has 0 amide bonds. The minimum Gasteiger partial charge on any atom is -0.469 e. The molecule has 0 aliphatic heterocycles. The van der Waals surface area contributed by atoms with Crippen LogP contribution in [-0.4, -0.2) is 26.2 Å². The van der Waals surface area contributed by atoms with E-state index in [9.17, 15) is 0 Å². The Balaban J connectivity index is 1.72. The molecule has 0 fully saturated rings. The normalized spacial score (nSPS) is 11.5. The maximum absolute atomic E-state index is 5.40. The predicted octanol–water partition coefficient (Wildman–Crippen LogP) is 2.72. The summed E-state index contributed by atoms with van der Waals surface area (Å²) < 4.78 is 10.7. The lowest BCUT2D eigenvalue weighted by Gasteiger charge is -2.12. The second kappa shape index (κ2) is 9.69. The number of ether oxygens (including phenoxy) is 1. The molecular formula is C18H25N3O2. The molecule has 2 aromatic rings. The Bertz CT molecular complexity index is 577. The van der Waals surface area contributed by atoms with Gasteiger partial charge in [-0.25, -0.2) is 0 Å². The van der Waals surface area contributed by atoms with Gasteiger partial charge in [-0.1, -0.05) is 24.3 Å². The number of nitrogens with one attached hydrogen (secondary N) is 2. The fourth-order valence-corrected chi connectivity index (χ4v) is 2.14. The van der Waals surface area contributed by atoms with Crippen molar-refractivity contribution in [3.8, 4) is 0 Å². The van der Waals surface area contributed by atoms with Crippen molar-refractivity contribution in [2.24, 2.45) is 4.99 Å². The zero-order valence-corrected chi connectivity index (χ0v) is 13.8.